The number of morpholine rings is 1. The number of aliphatic hydroxyl groups excluding tert-OH is 1. The van der Waals surface area contributed by atoms with Crippen molar-refractivity contribution >= 4 is 11.8 Å². The normalized spacial score (nSPS) is 18.9. The third-order valence-corrected chi connectivity index (χ3v) is 3.17. The molecule has 7 nitrogen and oxygen atoms in total. The fourth-order valence-electron chi connectivity index (χ4n) is 2.06. The van der Waals surface area contributed by atoms with E-state index in [1.165, 1.54) is 12.5 Å². The third kappa shape index (κ3) is 3.58. The molecule has 2 amide bonds. The molecule has 1 saturated heterocycles. The van der Waals surface area contributed by atoms with Crippen molar-refractivity contribution in [3.8, 4) is 0 Å². The summed E-state index contributed by atoms with van der Waals surface area (Å²) in [5.74, 6) is -0.368. The molecule has 0 radical (unpaired) electrons. The van der Waals surface area contributed by atoms with Crippen LogP contribution in [-0.2, 0) is 9.53 Å². The Balaban J connectivity index is 1.75. The van der Waals surface area contributed by atoms with E-state index >= 15 is 0 Å². The monoisotopic (exact) mass is 282 g/mol. The Kier molecular flexibility index (Phi) is 5.14. The molecule has 1 fully saturated rings. The Labute approximate surface area is 116 Å². The molecule has 1 aromatic heterocycles. The standard InChI is InChI=1S/C13H18N2O5/c16-7-11-9-20-6-4-15(11)12(17)1-3-14-13(18)10-2-5-19-8-10/h2,5,8,11,16H,1,3-4,6-7,9H2,(H,14,18). The van der Waals surface area contributed by atoms with Gasteiger partial charge >= 0.3 is 0 Å². The lowest BCUT2D eigenvalue weighted by Crippen LogP contribution is -2.51. The number of nitrogens with one attached hydrogen (secondary N) is 1. The summed E-state index contributed by atoms with van der Waals surface area (Å²) in [7, 11) is 0. The average Bonchev–Trinajstić information content (AvgIpc) is 3.01. The van der Waals surface area contributed by atoms with E-state index in [0.717, 1.165) is 0 Å². The van der Waals surface area contributed by atoms with Crippen LogP contribution in [0, 0.1) is 0 Å². The Morgan fingerprint density at radius 1 is 1.50 bits per heavy atom. The van der Waals surface area contributed by atoms with Gasteiger partial charge in [-0.2, -0.15) is 0 Å². The topological polar surface area (TPSA) is 92.0 Å². The first-order valence-electron chi connectivity index (χ1n) is 6.51. The Hall–Kier alpha value is -1.86. The molecule has 110 valence electrons. The molecule has 0 aromatic carbocycles. The highest BCUT2D eigenvalue weighted by molar-refractivity contribution is 5.94. The van der Waals surface area contributed by atoms with Crippen molar-refractivity contribution in [3.05, 3.63) is 24.2 Å². The van der Waals surface area contributed by atoms with Gasteiger partial charge in [0, 0.05) is 19.5 Å². The summed E-state index contributed by atoms with van der Waals surface area (Å²) in [6, 6.07) is 1.27. The number of aliphatic hydroxyl groups is 1. The van der Waals surface area contributed by atoms with Crippen LogP contribution in [0.4, 0.5) is 0 Å². The van der Waals surface area contributed by atoms with Gasteiger partial charge in [0.1, 0.15) is 6.26 Å². The number of hydrogen-bond acceptors (Lipinski definition) is 5. The predicted molar refractivity (Wildman–Crippen MR) is 69.1 cm³/mol. The van der Waals surface area contributed by atoms with Crippen LogP contribution in [0.1, 0.15) is 16.8 Å². The van der Waals surface area contributed by atoms with Crippen molar-refractivity contribution in [1.82, 2.24) is 10.2 Å². The van der Waals surface area contributed by atoms with Gasteiger partial charge in [-0.25, -0.2) is 0 Å². The van der Waals surface area contributed by atoms with E-state index in [0.29, 0.717) is 25.3 Å². The molecule has 1 aromatic rings. The molecule has 1 aliphatic heterocycles. The molecule has 0 bridgehead atoms. The number of rotatable bonds is 5. The maximum absolute atomic E-state index is 12.0. The van der Waals surface area contributed by atoms with Crippen molar-refractivity contribution in [2.75, 3.05) is 32.9 Å². The quantitative estimate of drug-likeness (QED) is 0.768. The molecule has 2 heterocycles. The van der Waals surface area contributed by atoms with E-state index in [4.69, 9.17) is 9.15 Å². The zero-order valence-corrected chi connectivity index (χ0v) is 11.1. The van der Waals surface area contributed by atoms with Crippen molar-refractivity contribution in [1.29, 1.82) is 0 Å². The number of nitrogens with zero attached hydrogens (tertiary/aromatic N) is 1. The highest BCUT2D eigenvalue weighted by Gasteiger charge is 2.26. The van der Waals surface area contributed by atoms with Crippen LogP contribution in [0.15, 0.2) is 23.0 Å². The summed E-state index contributed by atoms with van der Waals surface area (Å²) in [5, 5.41) is 11.8. The van der Waals surface area contributed by atoms with Gasteiger partial charge in [0.05, 0.1) is 37.7 Å². The van der Waals surface area contributed by atoms with E-state index in [-0.39, 0.29) is 37.4 Å². The number of furan rings is 1. The molecule has 2 N–H and O–H groups in total. The van der Waals surface area contributed by atoms with Crippen LogP contribution in [-0.4, -0.2) is 60.8 Å². The van der Waals surface area contributed by atoms with Gasteiger partial charge in [-0.3, -0.25) is 9.59 Å². The second kappa shape index (κ2) is 7.06. The second-order valence-corrected chi connectivity index (χ2v) is 4.52. The lowest BCUT2D eigenvalue weighted by atomic mass is 10.2. The minimum atomic E-state index is -0.291. The molecule has 1 atom stereocenters. The minimum absolute atomic E-state index is 0.0974. The zero-order chi connectivity index (χ0) is 14.4. The molecular formula is C13H18N2O5. The van der Waals surface area contributed by atoms with Gasteiger partial charge in [-0.05, 0) is 6.07 Å². The molecule has 20 heavy (non-hydrogen) atoms. The van der Waals surface area contributed by atoms with Gasteiger partial charge in [-0.1, -0.05) is 0 Å². The number of ether oxygens (including phenoxy) is 1. The molecule has 0 saturated carbocycles. The molecular weight excluding hydrogens is 264 g/mol. The maximum atomic E-state index is 12.0. The molecule has 7 heteroatoms. The predicted octanol–water partition coefficient (Wildman–Crippen LogP) is -0.381. The fourth-order valence-corrected chi connectivity index (χ4v) is 2.06. The number of carbonyl (C=O) groups is 2. The van der Waals surface area contributed by atoms with Crippen LogP contribution in [0.3, 0.4) is 0 Å². The molecule has 1 unspecified atom stereocenters. The van der Waals surface area contributed by atoms with Crippen LogP contribution in [0.25, 0.3) is 0 Å². The first kappa shape index (κ1) is 14.5. The van der Waals surface area contributed by atoms with Gasteiger partial charge < -0.3 is 24.5 Å². The van der Waals surface area contributed by atoms with E-state index < -0.39 is 0 Å². The van der Waals surface area contributed by atoms with Crippen LogP contribution >= 0.6 is 0 Å². The summed E-state index contributed by atoms with van der Waals surface area (Å²) in [6.07, 6.45) is 2.96. The number of amides is 2. The van der Waals surface area contributed by atoms with E-state index in [9.17, 15) is 14.7 Å². The fraction of sp³-hybridized carbons (Fsp3) is 0.538. The largest absolute Gasteiger partial charge is 0.472 e. The van der Waals surface area contributed by atoms with Crippen LogP contribution in [0.2, 0.25) is 0 Å². The summed E-state index contributed by atoms with van der Waals surface area (Å²) >= 11 is 0. The smallest absolute Gasteiger partial charge is 0.254 e. The molecule has 0 spiro atoms. The summed E-state index contributed by atoms with van der Waals surface area (Å²) in [4.78, 5) is 25.3. The lowest BCUT2D eigenvalue weighted by Gasteiger charge is -2.34. The lowest BCUT2D eigenvalue weighted by molar-refractivity contribution is -0.141. The van der Waals surface area contributed by atoms with Gasteiger partial charge in [0.25, 0.3) is 5.91 Å². The highest BCUT2D eigenvalue weighted by Crippen LogP contribution is 2.08. The molecule has 1 aliphatic rings. The third-order valence-electron chi connectivity index (χ3n) is 3.17. The van der Waals surface area contributed by atoms with Crippen molar-refractivity contribution < 1.29 is 23.8 Å². The van der Waals surface area contributed by atoms with Gasteiger partial charge in [0.2, 0.25) is 5.91 Å². The Morgan fingerprint density at radius 2 is 2.35 bits per heavy atom. The number of hydrogen-bond donors (Lipinski definition) is 2. The van der Waals surface area contributed by atoms with Gasteiger partial charge in [-0.15, -0.1) is 0 Å². The van der Waals surface area contributed by atoms with E-state index in [1.54, 1.807) is 11.0 Å². The van der Waals surface area contributed by atoms with Crippen molar-refractivity contribution in [3.63, 3.8) is 0 Å². The zero-order valence-electron chi connectivity index (χ0n) is 11.1. The molecule has 2 rings (SSSR count). The first-order chi connectivity index (χ1) is 9.72. The second-order valence-electron chi connectivity index (χ2n) is 4.52. The van der Waals surface area contributed by atoms with E-state index in [1.807, 2.05) is 0 Å². The summed E-state index contributed by atoms with van der Waals surface area (Å²) in [5.41, 5.74) is 0.428. The summed E-state index contributed by atoms with van der Waals surface area (Å²) in [6.45, 7) is 1.43. The maximum Gasteiger partial charge on any atom is 0.254 e. The van der Waals surface area contributed by atoms with Crippen LogP contribution in [0.5, 0.6) is 0 Å². The number of carbonyl (C=O) groups excluding carboxylic acids is 2. The van der Waals surface area contributed by atoms with Crippen LogP contribution < -0.4 is 5.32 Å². The minimum Gasteiger partial charge on any atom is -0.472 e. The Morgan fingerprint density at radius 3 is 3.05 bits per heavy atom. The van der Waals surface area contributed by atoms with Gasteiger partial charge in [0.15, 0.2) is 0 Å². The van der Waals surface area contributed by atoms with E-state index in [2.05, 4.69) is 5.32 Å². The summed E-state index contributed by atoms with van der Waals surface area (Å²) < 4.78 is 10.0. The Bertz CT molecular complexity index is 446. The highest BCUT2D eigenvalue weighted by atomic mass is 16.5. The molecule has 0 aliphatic carbocycles. The van der Waals surface area contributed by atoms with Crippen molar-refractivity contribution in [2.45, 2.75) is 12.5 Å². The average molecular weight is 282 g/mol. The van der Waals surface area contributed by atoms with Crippen molar-refractivity contribution in [2.24, 2.45) is 0 Å². The SMILES string of the molecule is O=C(NCCC(=O)N1CCOCC1CO)c1ccoc1. The first-order valence-corrected chi connectivity index (χ1v) is 6.51.